The zero-order valence-corrected chi connectivity index (χ0v) is 17.0. The molecule has 0 saturated heterocycles. The molecule has 1 saturated carbocycles. The summed E-state index contributed by atoms with van der Waals surface area (Å²) in [6.07, 6.45) is 7.51. The van der Waals surface area contributed by atoms with E-state index in [-0.39, 0.29) is 0 Å². The smallest absolute Gasteiger partial charge is 0.331 e. The van der Waals surface area contributed by atoms with Crippen LogP contribution in [-0.2, 0) is 20.9 Å². The fourth-order valence-electron chi connectivity index (χ4n) is 3.42. The lowest BCUT2D eigenvalue weighted by molar-refractivity contribution is -0.150. The third-order valence-electron chi connectivity index (χ3n) is 5.08. The number of benzene rings is 1. The van der Waals surface area contributed by atoms with E-state index < -0.39 is 23.5 Å². The molecule has 1 amide bonds. The molecule has 1 fully saturated rings. The second kappa shape index (κ2) is 9.83. The third kappa shape index (κ3) is 5.77. The summed E-state index contributed by atoms with van der Waals surface area (Å²) in [5.74, 6) is -1.13. The van der Waals surface area contributed by atoms with Crippen LogP contribution in [0.1, 0.15) is 50.3 Å². The van der Waals surface area contributed by atoms with E-state index in [1.807, 2.05) is 30.3 Å². The largest absolute Gasteiger partial charge is 0.449 e. The maximum atomic E-state index is 12.4. The van der Waals surface area contributed by atoms with Crippen LogP contribution in [-0.4, -0.2) is 38.5 Å². The molecule has 1 aliphatic rings. The molecule has 1 atom stereocenters. The number of esters is 1. The van der Waals surface area contributed by atoms with Gasteiger partial charge in [-0.15, -0.1) is 5.10 Å². The normalized spacial score (nSPS) is 16.5. The molecule has 156 valence electrons. The number of hydrogen-bond donors (Lipinski definition) is 1. The van der Waals surface area contributed by atoms with Crippen LogP contribution in [0.25, 0.3) is 6.08 Å². The van der Waals surface area contributed by atoms with Crippen molar-refractivity contribution in [2.45, 2.75) is 57.2 Å². The zero-order chi connectivity index (χ0) is 21.4. The second-order valence-electron chi connectivity index (χ2n) is 7.48. The van der Waals surface area contributed by atoms with Crippen molar-refractivity contribution in [2.75, 3.05) is 0 Å². The molecule has 2 aromatic rings. The molecular weight excluding hydrogens is 382 g/mol. The minimum atomic E-state index is -0.997. The van der Waals surface area contributed by atoms with E-state index in [4.69, 9.17) is 4.74 Å². The molecule has 3 rings (SSSR count). The number of hydrogen-bond acceptors (Lipinski definition) is 6. The summed E-state index contributed by atoms with van der Waals surface area (Å²) in [4.78, 5) is 24.4. The number of nitrogens with zero attached hydrogens (tertiary/aromatic N) is 4. The molecule has 30 heavy (non-hydrogen) atoms. The Labute approximate surface area is 175 Å². The first-order chi connectivity index (χ1) is 14.5. The van der Waals surface area contributed by atoms with Crippen LogP contribution in [0.2, 0.25) is 0 Å². The number of carbonyl (C=O) groups is 2. The highest BCUT2D eigenvalue weighted by atomic mass is 16.5. The highest BCUT2D eigenvalue weighted by molar-refractivity contribution is 5.90. The molecule has 0 aliphatic heterocycles. The van der Waals surface area contributed by atoms with E-state index in [1.165, 1.54) is 19.1 Å². The summed E-state index contributed by atoms with van der Waals surface area (Å²) in [6, 6.07) is 12.0. The van der Waals surface area contributed by atoms with E-state index in [1.54, 1.807) is 10.9 Å². The summed E-state index contributed by atoms with van der Waals surface area (Å²) in [7, 11) is 0. The van der Waals surface area contributed by atoms with Crippen molar-refractivity contribution in [2.24, 2.45) is 0 Å². The molecule has 8 heteroatoms. The molecular formula is C22H25N5O3. The van der Waals surface area contributed by atoms with Crippen LogP contribution in [0.3, 0.4) is 0 Å². The Balaban J connectivity index is 1.50. The van der Waals surface area contributed by atoms with Crippen molar-refractivity contribution in [1.29, 1.82) is 5.26 Å². The van der Waals surface area contributed by atoms with Gasteiger partial charge in [-0.05, 0) is 31.4 Å². The highest BCUT2D eigenvalue weighted by Crippen LogP contribution is 2.27. The van der Waals surface area contributed by atoms with Gasteiger partial charge in [-0.3, -0.25) is 4.79 Å². The molecule has 0 radical (unpaired) electrons. The molecule has 0 spiro atoms. The summed E-state index contributed by atoms with van der Waals surface area (Å²) in [5.41, 5.74) is 0.735. The number of amides is 1. The van der Waals surface area contributed by atoms with Gasteiger partial charge >= 0.3 is 5.97 Å². The predicted octanol–water partition coefficient (Wildman–Crippen LogP) is 2.61. The topological polar surface area (TPSA) is 110 Å². The molecule has 1 N–H and O–H groups in total. The van der Waals surface area contributed by atoms with E-state index >= 15 is 0 Å². The minimum Gasteiger partial charge on any atom is -0.449 e. The fraction of sp³-hybridized carbons (Fsp3) is 0.409. The first kappa shape index (κ1) is 21.2. The number of aromatic nitrogens is 3. The Bertz CT molecular complexity index is 939. The second-order valence-corrected chi connectivity index (χ2v) is 7.48. The van der Waals surface area contributed by atoms with Crippen LogP contribution < -0.4 is 5.32 Å². The van der Waals surface area contributed by atoms with Crippen molar-refractivity contribution in [3.8, 4) is 6.07 Å². The quantitative estimate of drug-likeness (QED) is 0.558. The van der Waals surface area contributed by atoms with Crippen LogP contribution in [0.4, 0.5) is 0 Å². The highest BCUT2D eigenvalue weighted by Gasteiger charge is 2.35. The Hall–Kier alpha value is -3.47. The minimum absolute atomic E-state index is 0.464. The van der Waals surface area contributed by atoms with Gasteiger partial charge in [0, 0.05) is 6.08 Å². The Morgan fingerprint density at radius 1 is 1.30 bits per heavy atom. The van der Waals surface area contributed by atoms with Gasteiger partial charge in [0.05, 0.1) is 18.8 Å². The predicted molar refractivity (Wildman–Crippen MR) is 110 cm³/mol. The monoisotopic (exact) mass is 407 g/mol. The summed E-state index contributed by atoms with van der Waals surface area (Å²) >= 11 is 0. The lowest BCUT2D eigenvalue weighted by Gasteiger charge is -2.32. The molecule has 8 nitrogen and oxygen atoms in total. The maximum Gasteiger partial charge on any atom is 0.331 e. The lowest BCUT2D eigenvalue weighted by Crippen LogP contribution is -2.52. The molecule has 1 aromatic heterocycles. The van der Waals surface area contributed by atoms with Gasteiger partial charge in [0.15, 0.2) is 6.10 Å². The average Bonchev–Trinajstić information content (AvgIpc) is 3.21. The van der Waals surface area contributed by atoms with Gasteiger partial charge in [-0.25, -0.2) is 9.48 Å². The van der Waals surface area contributed by atoms with Crippen LogP contribution >= 0.6 is 0 Å². The first-order valence-corrected chi connectivity index (χ1v) is 10.1. The van der Waals surface area contributed by atoms with E-state index in [9.17, 15) is 14.9 Å². The van der Waals surface area contributed by atoms with E-state index in [0.29, 0.717) is 25.1 Å². The van der Waals surface area contributed by atoms with Gasteiger partial charge in [0.25, 0.3) is 5.91 Å². The molecule has 1 heterocycles. The van der Waals surface area contributed by atoms with E-state index in [2.05, 4.69) is 21.7 Å². The number of carbonyl (C=O) groups excluding carboxylic acids is 2. The summed E-state index contributed by atoms with van der Waals surface area (Å²) < 4.78 is 6.83. The van der Waals surface area contributed by atoms with Crippen LogP contribution in [0.15, 0.2) is 42.6 Å². The SMILES string of the molecule is C[C@H](OC(=O)/C=C/c1cn(Cc2ccccc2)nn1)C(=O)NC1(C#N)CCCCC1. The Morgan fingerprint density at radius 2 is 2.03 bits per heavy atom. The summed E-state index contributed by atoms with van der Waals surface area (Å²) in [5, 5.41) is 20.2. The van der Waals surface area contributed by atoms with Gasteiger partial charge in [-0.1, -0.05) is 54.8 Å². The molecule has 0 bridgehead atoms. The molecule has 1 aromatic carbocycles. The van der Waals surface area contributed by atoms with Gasteiger partial charge in [0.1, 0.15) is 11.2 Å². The van der Waals surface area contributed by atoms with Crippen LogP contribution in [0, 0.1) is 11.3 Å². The van der Waals surface area contributed by atoms with Gasteiger partial charge in [-0.2, -0.15) is 5.26 Å². The maximum absolute atomic E-state index is 12.4. The van der Waals surface area contributed by atoms with E-state index in [0.717, 1.165) is 24.8 Å². The zero-order valence-electron chi connectivity index (χ0n) is 17.0. The lowest BCUT2D eigenvalue weighted by atomic mass is 9.83. The van der Waals surface area contributed by atoms with Gasteiger partial charge < -0.3 is 10.1 Å². The molecule has 0 unspecified atom stereocenters. The number of rotatable bonds is 7. The average molecular weight is 407 g/mol. The Morgan fingerprint density at radius 3 is 2.73 bits per heavy atom. The first-order valence-electron chi connectivity index (χ1n) is 10.1. The van der Waals surface area contributed by atoms with Crippen molar-refractivity contribution >= 4 is 18.0 Å². The summed E-state index contributed by atoms with van der Waals surface area (Å²) in [6.45, 7) is 2.06. The fourth-order valence-corrected chi connectivity index (χ4v) is 3.42. The van der Waals surface area contributed by atoms with Crippen molar-refractivity contribution < 1.29 is 14.3 Å². The van der Waals surface area contributed by atoms with Crippen molar-refractivity contribution in [1.82, 2.24) is 20.3 Å². The number of ether oxygens (including phenoxy) is 1. The van der Waals surface area contributed by atoms with Crippen molar-refractivity contribution in [3.05, 3.63) is 53.9 Å². The number of nitriles is 1. The third-order valence-corrected chi connectivity index (χ3v) is 5.08. The van der Waals surface area contributed by atoms with Crippen LogP contribution in [0.5, 0.6) is 0 Å². The Kier molecular flexibility index (Phi) is 6.96. The number of nitrogens with one attached hydrogen (secondary N) is 1. The van der Waals surface area contributed by atoms with Gasteiger partial charge in [0.2, 0.25) is 0 Å². The standard InChI is InChI=1S/C22H25N5O3/c1-17(21(29)24-22(16-23)12-6-3-7-13-22)30-20(28)11-10-19-15-27(26-25-19)14-18-8-4-2-5-9-18/h2,4-5,8-11,15,17H,3,6-7,12-14H2,1H3,(H,24,29)/b11-10+/t17-/m0/s1. The van der Waals surface area contributed by atoms with Crippen molar-refractivity contribution in [3.63, 3.8) is 0 Å². The molecule has 1 aliphatic carbocycles.